The molecule has 0 saturated heterocycles. The first-order valence-corrected chi connectivity index (χ1v) is 10.8. The van der Waals surface area contributed by atoms with Gasteiger partial charge in [-0.25, -0.2) is 9.78 Å². The molecule has 0 unspecified atom stereocenters. The predicted molar refractivity (Wildman–Crippen MR) is 110 cm³/mol. The molecule has 0 saturated carbocycles. The molecular formula is C22H46O4. The van der Waals surface area contributed by atoms with Gasteiger partial charge in [-0.15, -0.1) is 0 Å². The molecule has 0 heterocycles. The number of hydrogen-bond donors (Lipinski definition) is 1. The second-order valence-corrected chi connectivity index (χ2v) is 8.28. The first-order valence-electron chi connectivity index (χ1n) is 10.8. The van der Waals surface area contributed by atoms with Crippen LogP contribution in [0.25, 0.3) is 0 Å². The van der Waals surface area contributed by atoms with Gasteiger partial charge in [-0.1, -0.05) is 86.0 Å². The van der Waals surface area contributed by atoms with Gasteiger partial charge in [0, 0.05) is 6.42 Å². The van der Waals surface area contributed by atoms with Crippen molar-refractivity contribution in [3.63, 3.8) is 0 Å². The normalized spacial score (nSPS) is 11.1. The van der Waals surface area contributed by atoms with Gasteiger partial charge < -0.3 is 5.11 Å². The van der Waals surface area contributed by atoms with Crippen molar-refractivity contribution in [3.8, 4) is 0 Å². The molecule has 0 fully saturated rings. The van der Waals surface area contributed by atoms with E-state index < -0.39 is 5.97 Å². The molecule has 0 radical (unpaired) electrons. The molecule has 4 nitrogen and oxygen atoms in total. The molecule has 0 aromatic carbocycles. The molecule has 26 heavy (non-hydrogen) atoms. The Balaban J connectivity index is 0. The highest BCUT2D eigenvalue weighted by Crippen LogP contribution is 2.22. The van der Waals surface area contributed by atoms with Crippen molar-refractivity contribution in [2.75, 3.05) is 13.2 Å². The second-order valence-electron chi connectivity index (χ2n) is 8.28. The zero-order chi connectivity index (χ0) is 20.1. The number of carboxylic acids is 1. The summed E-state index contributed by atoms with van der Waals surface area (Å²) in [5.74, 6) is -0.675. The first kappa shape index (κ1) is 27.6. The van der Waals surface area contributed by atoms with Crippen molar-refractivity contribution in [1.82, 2.24) is 0 Å². The number of carbonyl (C=O) groups is 1. The molecule has 0 rings (SSSR count). The predicted octanol–water partition coefficient (Wildman–Crippen LogP) is 7.16. The summed E-state index contributed by atoms with van der Waals surface area (Å²) >= 11 is 0. The molecule has 0 bridgehead atoms. The average Bonchev–Trinajstić information content (AvgIpc) is 2.55. The Bertz CT molecular complexity index is 272. The Hall–Kier alpha value is -0.610. The van der Waals surface area contributed by atoms with Crippen LogP contribution in [0.3, 0.4) is 0 Å². The highest BCUT2D eigenvalue weighted by Gasteiger charge is 2.08. The molecule has 0 atom stereocenters. The summed E-state index contributed by atoms with van der Waals surface area (Å²) in [7, 11) is 0. The molecule has 1 N–H and O–H groups in total. The minimum Gasteiger partial charge on any atom is -0.481 e. The Morgan fingerprint density at radius 3 is 1.58 bits per heavy atom. The Labute approximate surface area is 163 Å². The largest absolute Gasteiger partial charge is 0.481 e. The third-order valence-corrected chi connectivity index (χ3v) is 4.06. The summed E-state index contributed by atoms with van der Waals surface area (Å²) < 4.78 is 0. The van der Waals surface area contributed by atoms with Crippen molar-refractivity contribution in [2.24, 2.45) is 5.41 Å². The van der Waals surface area contributed by atoms with Crippen LogP contribution in [-0.2, 0) is 14.6 Å². The van der Waals surface area contributed by atoms with Crippen molar-refractivity contribution in [3.05, 3.63) is 0 Å². The van der Waals surface area contributed by atoms with Crippen LogP contribution in [0.2, 0.25) is 0 Å². The monoisotopic (exact) mass is 374 g/mol. The van der Waals surface area contributed by atoms with Gasteiger partial charge in [0.2, 0.25) is 0 Å². The standard InChI is InChI=1S/C12H26O2.C10H20O2/c1-3-5-7-9-11-13-14-12-10-8-6-4-2;1-10(2,3)8-6-4-5-7-9(11)12/h3-12H2,1-2H3;4-8H2,1-3H3,(H,11,12). The van der Waals surface area contributed by atoms with Gasteiger partial charge in [0.15, 0.2) is 0 Å². The van der Waals surface area contributed by atoms with Crippen LogP contribution in [-0.4, -0.2) is 24.3 Å². The molecule has 0 aromatic heterocycles. The fraction of sp³-hybridized carbons (Fsp3) is 0.955. The van der Waals surface area contributed by atoms with Crippen LogP contribution in [0, 0.1) is 5.41 Å². The van der Waals surface area contributed by atoms with E-state index >= 15 is 0 Å². The summed E-state index contributed by atoms with van der Waals surface area (Å²) in [5.41, 5.74) is 0.392. The lowest BCUT2D eigenvalue weighted by molar-refractivity contribution is -0.295. The van der Waals surface area contributed by atoms with E-state index in [4.69, 9.17) is 14.9 Å². The number of unbranched alkanes of at least 4 members (excludes halogenated alkanes) is 8. The second kappa shape index (κ2) is 20.7. The molecule has 4 heteroatoms. The maximum atomic E-state index is 10.2. The molecule has 158 valence electrons. The third kappa shape index (κ3) is 31.2. The van der Waals surface area contributed by atoms with Crippen molar-refractivity contribution in [1.29, 1.82) is 0 Å². The Kier molecular flexibility index (Phi) is 22.0. The Morgan fingerprint density at radius 1 is 0.731 bits per heavy atom. The van der Waals surface area contributed by atoms with E-state index in [1.807, 2.05) is 0 Å². The van der Waals surface area contributed by atoms with Gasteiger partial charge in [-0.05, 0) is 31.1 Å². The van der Waals surface area contributed by atoms with E-state index in [1.165, 1.54) is 44.9 Å². The van der Waals surface area contributed by atoms with E-state index in [0.29, 0.717) is 11.8 Å². The van der Waals surface area contributed by atoms with Crippen molar-refractivity contribution >= 4 is 5.97 Å². The molecule has 0 aromatic rings. The lowest BCUT2D eigenvalue weighted by Gasteiger charge is -2.17. The lowest BCUT2D eigenvalue weighted by atomic mass is 9.89. The van der Waals surface area contributed by atoms with Crippen molar-refractivity contribution in [2.45, 2.75) is 118 Å². The van der Waals surface area contributed by atoms with Crippen LogP contribution in [0.4, 0.5) is 0 Å². The number of carboxylic acid groups (broad SMARTS) is 1. The van der Waals surface area contributed by atoms with E-state index in [0.717, 1.165) is 45.3 Å². The van der Waals surface area contributed by atoms with Gasteiger partial charge in [-0.2, -0.15) is 0 Å². The molecule has 0 aliphatic carbocycles. The summed E-state index contributed by atoms with van der Waals surface area (Å²) in [6.07, 6.45) is 14.5. The van der Waals surface area contributed by atoms with Gasteiger partial charge in [-0.3, -0.25) is 4.79 Å². The minimum atomic E-state index is -0.675. The zero-order valence-corrected chi connectivity index (χ0v) is 18.3. The molecule has 0 amide bonds. The highest BCUT2D eigenvalue weighted by molar-refractivity contribution is 5.66. The van der Waals surface area contributed by atoms with Crippen LogP contribution in [0.5, 0.6) is 0 Å². The van der Waals surface area contributed by atoms with Crippen LogP contribution < -0.4 is 0 Å². The van der Waals surface area contributed by atoms with Crippen LogP contribution in [0.1, 0.15) is 118 Å². The van der Waals surface area contributed by atoms with Gasteiger partial charge in [0.05, 0.1) is 13.2 Å². The van der Waals surface area contributed by atoms with E-state index in [-0.39, 0.29) is 0 Å². The van der Waals surface area contributed by atoms with E-state index in [9.17, 15) is 4.79 Å². The summed E-state index contributed by atoms with van der Waals surface area (Å²) in [4.78, 5) is 20.3. The SMILES string of the molecule is CC(C)(C)CCCCCC(=O)O.CCCCCCOOCCCCCC. The summed E-state index contributed by atoms with van der Waals surface area (Å²) in [6, 6.07) is 0. The lowest BCUT2D eigenvalue weighted by Crippen LogP contribution is -2.04. The fourth-order valence-corrected chi connectivity index (χ4v) is 2.40. The number of hydrogen-bond acceptors (Lipinski definition) is 3. The smallest absolute Gasteiger partial charge is 0.303 e. The maximum Gasteiger partial charge on any atom is 0.303 e. The van der Waals surface area contributed by atoms with Gasteiger partial charge in [0.25, 0.3) is 0 Å². The summed E-state index contributed by atoms with van der Waals surface area (Å²) in [5, 5.41) is 8.37. The minimum absolute atomic E-state index is 0.324. The maximum absolute atomic E-state index is 10.2. The first-order chi connectivity index (χ1) is 12.3. The Morgan fingerprint density at radius 2 is 1.19 bits per heavy atom. The highest BCUT2D eigenvalue weighted by atomic mass is 17.2. The molecule has 0 aliphatic heterocycles. The topological polar surface area (TPSA) is 55.8 Å². The van der Waals surface area contributed by atoms with Gasteiger partial charge in [0.1, 0.15) is 0 Å². The van der Waals surface area contributed by atoms with Gasteiger partial charge >= 0.3 is 5.97 Å². The van der Waals surface area contributed by atoms with Crippen LogP contribution in [0.15, 0.2) is 0 Å². The molecule has 0 spiro atoms. The molecule has 0 aliphatic rings. The quantitative estimate of drug-likeness (QED) is 0.177. The number of rotatable bonds is 16. The van der Waals surface area contributed by atoms with E-state index in [2.05, 4.69) is 34.6 Å². The fourth-order valence-electron chi connectivity index (χ4n) is 2.40. The van der Waals surface area contributed by atoms with E-state index in [1.54, 1.807) is 0 Å². The third-order valence-electron chi connectivity index (χ3n) is 4.06. The summed E-state index contributed by atoms with van der Waals surface area (Å²) in [6.45, 7) is 12.6. The molecular weight excluding hydrogens is 328 g/mol. The average molecular weight is 375 g/mol. The van der Waals surface area contributed by atoms with Crippen molar-refractivity contribution < 1.29 is 19.7 Å². The number of aliphatic carboxylic acids is 1. The zero-order valence-electron chi connectivity index (χ0n) is 18.3. The van der Waals surface area contributed by atoms with Crippen LogP contribution >= 0.6 is 0 Å².